The van der Waals surface area contributed by atoms with Gasteiger partial charge in [-0.2, -0.15) is 0 Å². The Balaban J connectivity index is 2.75. The van der Waals surface area contributed by atoms with Crippen LogP contribution in [0.4, 0.5) is 0 Å². The molecule has 0 radical (unpaired) electrons. The van der Waals surface area contributed by atoms with Gasteiger partial charge in [0.1, 0.15) is 0 Å². The van der Waals surface area contributed by atoms with E-state index >= 15 is 0 Å². The van der Waals surface area contributed by atoms with Crippen LogP contribution in [0.25, 0.3) is 0 Å². The minimum Gasteiger partial charge on any atom is -0.466 e. The zero-order valence-corrected chi connectivity index (χ0v) is 8.97. The standard InChI is InChI=1S/C10H12ClNO2/c1-3-14-10(13)5-8-4-9(11)6-12-7(8)2/h4,6H,3,5H2,1-2H3. The highest BCUT2D eigenvalue weighted by Gasteiger charge is 2.07. The number of ether oxygens (including phenoxy) is 1. The minimum atomic E-state index is -0.250. The molecule has 1 aromatic rings. The smallest absolute Gasteiger partial charge is 0.310 e. The molecule has 3 nitrogen and oxygen atoms in total. The predicted molar refractivity (Wildman–Crippen MR) is 54.3 cm³/mol. The Morgan fingerprint density at radius 3 is 3.00 bits per heavy atom. The second-order valence-corrected chi connectivity index (χ2v) is 3.32. The highest BCUT2D eigenvalue weighted by molar-refractivity contribution is 6.30. The number of hydrogen-bond donors (Lipinski definition) is 0. The third-order valence-corrected chi connectivity index (χ3v) is 2.01. The molecule has 0 fully saturated rings. The molecule has 1 rings (SSSR count). The molecule has 4 heteroatoms. The van der Waals surface area contributed by atoms with Crippen LogP contribution in [-0.2, 0) is 16.0 Å². The number of hydrogen-bond acceptors (Lipinski definition) is 3. The van der Waals surface area contributed by atoms with E-state index in [4.69, 9.17) is 16.3 Å². The van der Waals surface area contributed by atoms with Crippen molar-refractivity contribution in [2.24, 2.45) is 0 Å². The van der Waals surface area contributed by atoms with Gasteiger partial charge in [-0.25, -0.2) is 0 Å². The number of carbonyl (C=O) groups is 1. The van der Waals surface area contributed by atoms with Crippen LogP contribution in [0, 0.1) is 6.92 Å². The van der Waals surface area contributed by atoms with Crippen LogP contribution in [0.5, 0.6) is 0 Å². The molecule has 0 aliphatic carbocycles. The number of halogens is 1. The molecule has 1 heterocycles. The third kappa shape index (κ3) is 3.00. The molecular formula is C10H12ClNO2. The van der Waals surface area contributed by atoms with Crippen LogP contribution in [0.1, 0.15) is 18.2 Å². The topological polar surface area (TPSA) is 39.2 Å². The van der Waals surface area contributed by atoms with Gasteiger partial charge in [-0.15, -0.1) is 0 Å². The van der Waals surface area contributed by atoms with E-state index in [0.717, 1.165) is 11.3 Å². The zero-order chi connectivity index (χ0) is 10.6. The van der Waals surface area contributed by atoms with Crippen LogP contribution < -0.4 is 0 Å². The lowest BCUT2D eigenvalue weighted by Crippen LogP contribution is -2.09. The maximum absolute atomic E-state index is 11.2. The number of esters is 1. The molecule has 76 valence electrons. The summed E-state index contributed by atoms with van der Waals surface area (Å²) in [6.45, 7) is 4.01. The molecule has 0 amide bonds. The second-order valence-electron chi connectivity index (χ2n) is 2.88. The van der Waals surface area contributed by atoms with Crippen molar-refractivity contribution >= 4 is 17.6 Å². The molecule has 1 aromatic heterocycles. The van der Waals surface area contributed by atoms with Gasteiger partial charge in [-0.1, -0.05) is 11.6 Å². The van der Waals surface area contributed by atoms with E-state index in [0.29, 0.717) is 11.6 Å². The number of aryl methyl sites for hydroxylation is 1. The summed E-state index contributed by atoms with van der Waals surface area (Å²) in [7, 11) is 0. The highest BCUT2D eigenvalue weighted by Crippen LogP contribution is 2.13. The van der Waals surface area contributed by atoms with E-state index in [-0.39, 0.29) is 12.4 Å². The average Bonchev–Trinajstić information content (AvgIpc) is 2.12. The molecule has 0 saturated heterocycles. The summed E-state index contributed by atoms with van der Waals surface area (Å²) in [6.07, 6.45) is 1.79. The Hall–Kier alpha value is -1.09. The van der Waals surface area contributed by atoms with Crippen LogP contribution in [0.15, 0.2) is 12.3 Å². The summed E-state index contributed by atoms with van der Waals surface area (Å²) in [6, 6.07) is 1.74. The summed E-state index contributed by atoms with van der Waals surface area (Å²) in [4.78, 5) is 15.2. The van der Waals surface area contributed by atoms with E-state index in [1.54, 1.807) is 19.2 Å². The molecule has 0 bridgehead atoms. The van der Waals surface area contributed by atoms with E-state index in [2.05, 4.69) is 4.98 Å². The maximum Gasteiger partial charge on any atom is 0.310 e. The fourth-order valence-electron chi connectivity index (χ4n) is 1.10. The Kier molecular flexibility index (Phi) is 3.89. The summed E-state index contributed by atoms with van der Waals surface area (Å²) in [5, 5.41) is 0.537. The van der Waals surface area contributed by atoms with Crippen LogP contribution >= 0.6 is 11.6 Å². The number of pyridine rings is 1. The van der Waals surface area contributed by atoms with Crippen LogP contribution in [-0.4, -0.2) is 17.6 Å². The fourth-order valence-corrected chi connectivity index (χ4v) is 1.28. The lowest BCUT2D eigenvalue weighted by molar-refractivity contribution is -0.142. The number of nitrogens with zero attached hydrogens (tertiary/aromatic N) is 1. The van der Waals surface area contributed by atoms with Gasteiger partial charge in [0.2, 0.25) is 0 Å². The molecule has 0 unspecified atom stereocenters. The van der Waals surface area contributed by atoms with E-state index in [9.17, 15) is 4.79 Å². The van der Waals surface area contributed by atoms with Gasteiger partial charge in [0.15, 0.2) is 0 Å². The summed E-state index contributed by atoms with van der Waals surface area (Å²) < 4.78 is 4.83. The molecule has 0 spiro atoms. The third-order valence-electron chi connectivity index (χ3n) is 1.80. The Morgan fingerprint density at radius 2 is 2.36 bits per heavy atom. The van der Waals surface area contributed by atoms with E-state index in [1.165, 1.54) is 0 Å². The molecule has 0 aliphatic heterocycles. The maximum atomic E-state index is 11.2. The van der Waals surface area contributed by atoms with Gasteiger partial charge in [0.25, 0.3) is 0 Å². The average molecular weight is 214 g/mol. The molecule has 0 aliphatic rings. The number of carbonyl (C=O) groups excluding carboxylic acids is 1. The molecular weight excluding hydrogens is 202 g/mol. The first kappa shape index (κ1) is 11.0. The van der Waals surface area contributed by atoms with Crippen molar-refractivity contribution in [3.63, 3.8) is 0 Å². The highest BCUT2D eigenvalue weighted by atomic mass is 35.5. The predicted octanol–water partition coefficient (Wildman–Crippen LogP) is 2.15. The Bertz CT molecular complexity index is 339. The Morgan fingerprint density at radius 1 is 1.64 bits per heavy atom. The largest absolute Gasteiger partial charge is 0.466 e. The molecule has 0 saturated carbocycles. The van der Waals surface area contributed by atoms with Gasteiger partial charge >= 0.3 is 5.97 Å². The fraction of sp³-hybridized carbons (Fsp3) is 0.400. The first-order valence-corrected chi connectivity index (χ1v) is 4.78. The van der Waals surface area contributed by atoms with Crippen molar-refractivity contribution in [2.75, 3.05) is 6.61 Å². The minimum absolute atomic E-state index is 0.229. The van der Waals surface area contributed by atoms with Crippen molar-refractivity contribution < 1.29 is 9.53 Å². The number of rotatable bonds is 3. The van der Waals surface area contributed by atoms with Gasteiger partial charge in [-0.05, 0) is 25.5 Å². The van der Waals surface area contributed by atoms with E-state index < -0.39 is 0 Å². The van der Waals surface area contributed by atoms with Gasteiger partial charge < -0.3 is 4.74 Å². The number of aromatic nitrogens is 1. The van der Waals surface area contributed by atoms with Crippen LogP contribution in [0.2, 0.25) is 5.02 Å². The van der Waals surface area contributed by atoms with Crippen molar-refractivity contribution in [3.8, 4) is 0 Å². The first-order chi connectivity index (χ1) is 6.63. The van der Waals surface area contributed by atoms with E-state index in [1.807, 2.05) is 6.92 Å². The molecule has 14 heavy (non-hydrogen) atoms. The lowest BCUT2D eigenvalue weighted by atomic mass is 10.1. The first-order valence-electron chi connectivity index (χ1n) is 4.40. The summed E-state index contributed by atoms with van der Waals surface area (Å²) in [5.74, 6) is -0.250. The van der Waals surface area contributed by atoms with Crippen molar-refractivity contribution in [1.29, 1.82) is 0 Å². The lowest BCUT2D eigenvalue weighted by Gasteiger charge is -2.04. The van der Waals surface area contributed by atoms with Crippen molar-refractivity contribution in [2.45, 2.75) is 20.3 Å². The van der Waals surface area contributed by atoms with Gasteiger partial charge in [0, 0.05) is 11.9 Å². The van der Waals surface area contributed by atoms with Gasteiger partial charge in [-0.3, -0.25) is 9.78 Å². The summed E-state index contributed by atoms with van der Waals surface area (Å²) >= 11 is 5.76. The molecule has 0 atom stereocenters. The molecule has 0 N–H and O–H groups in total. The Labute approximate surface area is 88.1 Å². The second kappa shape index (κ2) is 4.96. The monoisotopic (exact) mass is 213 g/mol. The van der Waals surface area contributed by atoms with Crippen molar-refractivity contribution in [3.05, 3.63) is 28.5 Å². The molecule has 0 aromatic carbocycles. The zero-order valence-electron chi connectivity index (χ0n) is 8.21. The van der Waals surface area contributed by atoms with Crippen molar-refractivity contribution in [1.82, 2.24) is 4.98 Å². The SMILES string of the molecule is CCOC(=O)Cc1cc(Cl)cnc1C. The van der Waals surface area contributed by atoms with Gasteiger partial charge in [0.05, 0.1) is 18.1 Å². The normalized spacial score (nSPS) is 9.93. The summed E-state index contributed by atoms with van der Waals surface area (Å²) in [5.41, 5.74) is 1.62. The quantitative estimate of drug-likeness (QED) is 0.723. The van der Waals surface area contributed by atoms with Crippen LogP contribution in [0.3, 0.4) is 0 Å².